The molecule has 1 N–H and O–H groups in total. The molecule has 13 heavy (non-hydrogen) atoms. The van der Waals surface area contributed by atoms with Crippen molar-refractivity contribution in [2.24, 2.45) is 5.92 Å². The molecule has 1 unspecified atom stereocenters. The van der Waals surface area contributed by atoms with Crippen molar-refractivity contribution >= 4 is 0 Å². The summed E-state index contributed by atoms with van der Waals surface area (Å²) in [5.74, 6) is 0.981. The molecule has 1 fully saturated rings. The molecule has 0 amide bonds. The van der Waals surface area contributed by atoms with Gasteiger partial charge in [0, 0.05) is 19.8 Å². The number of rotatable bonds is 6. The van der Waals surface area contributed by atoms with Crippen LogP contribution in [0, 0.1) is 5.92 Å². The maximum absolute atomic E-state index is 5.10. The second kappa shape index (κ2) is 6.39. The summed E-state index contributed by atoms with van der Waals surface area (Å²) in [5.41, 5.74) is 0. The first-order valence-electron chi connectivity index (χ1n) is 5.53. The molecule has 1 atom stereocenters. The minimum atomic E-state index is 0.669. The van der Waals surface area contributed by atoms with Crippen LogP contribution in [0.3, 0.4) is 0 Å². The lowest BCUT2D eigenvalue weighted by Crippen LogP contribution is -2.28. The van der Waals surface area contributed by atoms with Crippen molar-refractivity contribution in [3.63, 3.8) is 0 Å². The second-order valence-electron chi connectivity index (χ2n) is 4.15. The highest BCUT2D eigenvalue weighted by molar-refractivity contribution is 4.74. The van der Waals surface area contributed by atoms with Gasteiger partial charge in [-0.2, -0.15) is 0 Å². The fraction of sp³-hybridized carbons (Fsp3) is 1.00. The van der Waals surface area contributed by atoms with Crippen molar-refractivity contribution in [3.8, 4) is 0 Å². The molecule has 0 aromatic rings. The Morgan fingerprint density at radius 1 is 1.38 bits per heavy atom. The molecule has 2 nitrogen and oxygen atoms in total. The Hall–Kier alpha value is -0.0800. The first-order chi connectivity index (χ1) is 6.36. The standard InChI is InChI=1S/C11H23NO/c1-12-11(7-8-13-2)9-10-5-3-4-6-10/h10-12H,3-9H2,1-2H3. The van der Waals surface area contributed by atoms with Crippen LogP contribution in [0.15, 0.2) is 0 Å². The van der Waals surface area contributed by atoms with Gasteiger partial charge in [0.05, 0.1) is 0 Å². The van der Waals surface area contributed by atoms with Crippen LogP contribution in [0.25, 0.3) is 0 Å². The van der Waals surface area contributed by atoms with Gasteiger partial charge >= 0.3 is 0 Å². The van der Waals surface area contributed by atoms with Crippen LogP contribution < -0.4 is 5.32 Å². The van der Waals surface area contributed by atoms with Crippen molar-refractivity contribution in [1.82, 2.24) is 5.32 Å². The minimum absolute atomic E-state index is 0.669. The van der Waals surface area contributed by atoms with Crippen LogP contribution in [0.5, 0.6) is 0 Å². The molecule has 0 bridgehead atoms. The third kappa shape index (κ3) is 4.10. The molecule has 1 aliphatic rings. The van der Waals surface area contributed by atoms with Crippen molar-refractivity contribution in [2.75, 3.05) is 20.8 Å². The van der Waals surface area contributed by atoms with E-state index in [1.165, 1.54) is 32.1 Å². The Bertz CT molecular complexity index is 121. The number of methoxy groups -OCH3 is 1. The minimum Gasteiger partial charge on any atom is -0.385 e. The van der Waals surface area contributed by atoms with E-state index >= 15 is 0 Å². The summed E-state index contributed by atoms with van der Waals surface area (Å²) in [7, 11) is 3.84. The predicted octanol–water partition coefficient (Wildman–Crippen LogP) is 2.19. The maximum Gasteiger partial charge on any atom is 0.0477 e. The molecule has 2 heteroatoms. The van der Waals surface area contributed by atoms with Gasteiger partial charge in [0.2, 0.25) is 0 Å². The first-order valence-corrected chi connectivity index (χ1v) is 5.53. The Morgan fingerprint density at radius 3 is 2.62 bits per heavy atom. The Morgan fingerprint density at radius 2 is 2.08 bits per heavy atom. The molecule has 0 spiro atoms. The molecule has 1 aliphatic carbocycles. The van der Waals surface area contributed by atoms with Gasteiger partial charge in [-0.05, 0) is 25.8 Å². The SMILES string of the molecule is CNC(CCOC)CC1CCCC1. The topological polar surface area (TPSA) is 21.3 Å². The Kier molecular flexibility index (Phi) is 5.40. The molecular formula is C11H23NO. The van der Waals surface area contributed by atoms with E-state index in [4.69, 9.17) is 4.74 Å². The van der Waals surface area contributed by atoms with E-state index in [2.05, 4.69) is 12.4 Å². The fourth-order valence-corrected chi connectivity index (χ4v) is 2.29. The van der Waals surface area contributed by atoms with Crippen molar-refractivity contribution in [3.05, 3.63) is 0 Å². The van der Waals surface area contributed by atoms with E-state index in [0.29, 0.717) is 6.04 Å². The molecule has 0 heterocycles. The maximum atomic E-state index is 5.10. The van der Waals surface area contributed by atoms with Gasteiger partial charge in [-0.1, -0.05) is 25.7 Å². The molecular weight excluding hydrogens is 162 g/mol. The van der Waals surface area contributed by atoms with E-state index < -0.39 is 0 Å². The highest BCUT2D eigenvalue weighted by Gasteiger charge is 2.18. The summed E-state index contributed by atoms with van der Waals surface area (Å²) in [6.07, 6.45) is 8.30. The lowest BCUT2D eigenvalue weighted by Gasteiger charge is -2.19. The van der Waals surface area contributed by atoms with Gasteiger partial charge in [-0.15, -0.1) is 0 Å². The molecule has 78 valence electrons. The van der Waals surface area contributed by atoms with E-state index in [1.807, 2.05) is 0 Å². The number of hydrogen-bond acceptors (Lipinski definition) is 2. The summed E-state index contributed by atoms with van der Waals surface area (Å²) in [6.45, 7) is 0.887. The molecule has 0 aromatic heterocycles. The van der Waals surface area contributed by atoms with Crippen molar-refractivity contribution < 1.29 is 4.74 Å². The van der Waals surface area contributed by atoms with Gasteiger partial charge < -0.3 is 10.1 Å². The van der Waals surface area contributed by atoms with Crippen molar-refractivity contribution in [2.45, 2.75) is 44.6 Å². The zero-order valence-electron chi connectivity index (χ0n) is 9.01. The van der Waals surface area contributed by atoms with Crippen LogP contribution in [0.4, 0.5) is 0 Å². The Labute approximate surface area is 82.0 Å². The van der Waals surface area contributed by atoms with Crippen LogP contribution in [-0.2, 0) is 4.74 Å². The van der Waals surface area contributed by atoms with Crippen LogP contribution in [0.1, 0.15) is 38.5 Å². The summed E-state index contributed by atoms with van der Waals surface area (Å²) >= 11 is 0. The summed E-state index contributed by atoms with van der Waals surface area (Å²) in [5, 5.41) is 3.38. The van der Waals surface area contributed by atoms with E-state index in [-0.39, 0.29) is 0 Å². The summed E-state index contributed by atoms with van der Waals surface area (Å²) in [4.78, 5) is 0. The highest BCUT2D eigenvalue weighted by atomic mass is 16.5. The monoisotopic (exact) mass is 185 g/mol. The lowest BCUT2D eigenvalue weighted by atomic mass is 9.97. The Balaban J connectivity index is 2.13. The van der Waals surface area contributed by atoms with Crippen LogP contribution >= 0.6 is 0 Å². The summed E-state index contributed by atoms with van der Waals surface area (Å²) < 4.78 is 5.10. The van der Waals surface area contributed by atoms with E-state index in [1.54, 1.807) is 7.11 Å². The molecule has 1 rings (SSSR count). The zero-order chi connectivity index (χ0) is 9.52. The second-order valence-corrected chi connectivity index (χ2v) is 4.15. The molecule has 0 saturated heterocycles. The van der Waals surface area contributed by atoms with Crippen LogP contribution in [0.2, 0.25) is 0 Å². The van der Waals surface area contributed by atoms with Gasteiger partial charge in [-0.3, -0.25) is 0 Å². The van der Waals surface area contributed by atoms with Gasteiger partial charge in [-0.25, -0.2) is 0 Å². The first kappa shape index (κ1) is 11.0. The molecule has 1 saturated carbocycles. The van der Waals surface area contributed by atoms with E-state index in [0.717, 1.165) is 18.9 Å². The number of hydrogen-bond donors (Lipinski definition) is 1. The lowest BCUT2D eigenvalue weighted by molar-refractivity contribution is 0.178. The molecule has 0 aromatic carbocycles. The van der Waals surface area contributed by atoms with Gasteiger partial charge in [0.25, 0.3) is 0 Å². The zero-order valence-corrected chi connectivity index (χ0v) is 9.01. The van der Waals surface area contributed by atoms with E-state index in [9.17, 15) is 0 Å². The number of nitrogens with one attached hydrogen (secondary N) is 1. The quantitative estimate of drug-likeness (QED) is 0.685. The van der Waals surface area contributed by atoms with Gasteiger partial charge in [0.15, 0.2) is 0 Å². The third-order valence-electron chi connectivity index (χ3n) is 3.17. The largest absolute Gasteiger partial charge is 0.385 e. The third-order valence-corrected chi connectivity index (χ3v) is 3.17. The molecule has 0 aliphatic heterocycles. The van der Waals surface area contributed by atoms with Crippen molar-refractivity contribution in [1.29, 1.82) is 0 Å². The predicted molar refractivity (Wildman–Crippen MR) is 55.9 cm³/mol. The average Bonchev–Trinajstić information content (AvgIpc) is 2.64. The number of ether oxygens (including phenoxy) is 1. The summed E-state index contributed by atoms with van der Waals surface area (Å²) in [6, 6.07) is 0.669. The fourth-order valence-electron chi connectivity index (χ4n) is 2.29. The normalized spacial score (nSPS) is 20.8. The van der Waals surface area contributed by atoms with Gasteiger partial charge in [0.1, 0.15) is 0 Å². The smallest absolute Gasteiger partial charge is 0.0477 e. The average molecular weight is 185 g/mol. The highest BCUT2D eigenvalue weighted by Crippen LogP contribution is 2.28. The molecule has 0 radical (unpaired) electrons. The van der Waals surface area contributed by atoms with Crippen LogP contribution in [-0.4, -0.2) is 26.8 Å².